The van der Waals surface area contributed by atoms with E-state index < -0.39 is 16.7 Å². The molecule has 2 rings (SSSR count). The molecule has 1 amide bonds. The third kappa shape index (κ3) is 3.62. The second-order valence-electron chi connectivity index (χ2n) is 4.57. The van der Waals surface area contributed by atoms with Crippen molar-refractivity contribution >= 4 is 17.3 Å². The predicted octanol–water partition coefficient (Wildman–Crippen LogP) is 3.48. The molecule has 2 aromatic carbocycles. The third-order valence-electron chi connectivity index (χ3n) is 3.09. The number of carbonyl (C=O) groups is 1. The van der Waals surface area contributed by atoms with Gasteiger partial charge >= 0.3 is 0 Å². The first kappa shape index (κ1) is 14.6. The summed E-state index contributed by atoms with van der Waals surface area (Å²) in [4.78, 5) is 22.2. The van der Waals surface area contributed by atoms with E-state index in [1.807, 2.05) is 0 Å². The van der Waals surface area contributed by atoms with E-state index in [0.29, 0.717) is 11.3 Å². The second-order valence-corrected chi connectivity index (χ2v) is 4.57. The van der Waals surface area contributed by atoms with Crippen LogP contribution in [0.5, 0.6) is 0 Å². The van der Waals surface area contributed by atoms with Crippen molar-refractivity contribution in [3.05, 3.63) is 70.0 Å². The number of hydrogen-bond donors (Lipinski definition) is 1. The molecular weight excluding hydrogens is 275 g/mol. The van der Waals surface area contributed by atoms with E-state index in [9.17, 15) is 19.3 Å². The van der Waals surface area contributed by atoms with Gasteiger partial charge in [-0.3, -0.25) is 14.9 Å². The van der Waals surface area contributed by atoms with Gasteiger partial charge in [0, 0.05) is 17.8 Å². The minimum Gasteiger partial charge on any atom is -0.325 e. The Bertz CT molecular complexity index is 671. The number of carbonyl (C=O) groups excluding carboxylic acids is 1. The summed E-state index contributed by atoms with van der Waals surface area (Å²) < 4.78 is 13.0. The van der Waals surface area contributed by atoms with Crippen LogP contribution in [0.4, 0.5) is 15.8 Å². The summed E-state index contributed by atoms with van der Waals surface area (Å²) in [5.41, 5.74) is 0.986. The molecule has 0 heterocycles. The molecule has 0 saturated carbocycles. The minimum absolute atomic E-state index is 0.0310. The average molecular weight is 288 g/mol. The molecule has 0 bridgehead atoms. The number of nitrogens with one attached hydrogen (secondary N) is 1. The lowest BCUT2D eigenvalue weighted by Gasteiger charge is -2.12. The zero-order chi connectivity index (χ0) is 15.4. The van der Waals surface area contributed by atoms with E-state index >= 15 is 0 Å². The van der Waals surface area contributed by atoms with Crippen molar-refractivity contribution in [3.8, 4) is 0 Å². The van der Waals surface area contributed by atoms with E-state index in [4.69, 9.17) is 0 Å². The van der Waals surface area contributed by atoms with E-state index in [0.717, 1.165) is 0 Å². The van der Waals surface area contributed by atoms with E-state index in [1.54, 1.807) is 13.0 Å². The number of amides is 1. The quantitative estimate of drug-likeness (QED) is 0.691. The largest absolute Gasteiger partial charge is 0.325 e. The van der Waals surface area contributed by atoms with Gasteiger partial charge in [0.15, 0.2) is 0 Å². The Morgan fingerprint density at radius 1 is 1.24 bits per heavy atom. The van der Waals surface area contributed by atoms with Crippen LogP contribution in [0.1, 0.15) is 18.4 Å². The average Bonchev–Trinajstić information content (AvgIpc) is 2.46. The van der Waals surface area contributed by atoms with E-state index in [2.05, 4.69) is 5.32 Å². The van der Waals surface area contributed by atoms with Crippen LogP contribution in [0.25, 0.3) is 0 Å². The zero-order valence-electron chi connectivity index (χ0n) is 11.2. The number of halogens is 1. The van der Waals surface area contributed by atoms with Crippen molar-refractivity contribution < 1.29 is 14.1 Å². The van der Waals surface area contributed by atoms with Gasteiger partial charge in [-0.1, -0.05) is 18.2 Å². The van der Waals surface area contributed by atoms with Gasteiger partial charge in [-0.2, -0.15) is 0 Å². The maximum atomic E-state index is 13.0. The molecule has 0 fully saturated rings. The lowest BCUT2D eigenvalue weighted by Crippen LogP contribution is -2.18. The molecule has 2 aromatic rings. The van der Waals surface area contributed by atoms with Crippen LogP contribution in [-0.2, 0) is 4.79 Å². The summed E-state index contributed by atoms with van der Waals surface area (Å²) in [6, 6.07) is 11.4. The number of non-ortho nitro benzene ring substituents is 1. The van der Waals surface area contributed by atoms with Crippen LogP contribution in [0.3, 0.4) is 0 Å². The molecule has 21 heavy (non-hydrogen) atoms. The number of rotatable bonds is 4. The summed E-state index contributed by atoms with van der Waals surface area (Å²) in [7, 11) is 0. The highest BCUT2D eigenvalue weighted by molar-refractivity contribution is 5.95. The second kappa shape index (κ2) is 6.13. The summed E-state index contributed by atoms with van der Waals surface area (Å²) in [5, 5.41) is 13.2. The monoisotopic (exact) mass is 288 g/mol. The fourth-order valence-corrected chi connectivity index (χ4v) is 1.85. The Balaban J connectivity index is 2.10. The molecule has 1 N–H and O–H groups in total. The highest BCUT2D eigenvalue weighted by Crippen LogP contribution is 2.21. The Morgan fingerprint density at radius 2 is 1.90 bits per heavy atom. The number of anilines is 1. The molecule has 0 aromatic heterocycles. The number of nitro groups is 1. The fourth-order valence-electron chi connectivity index (χ4n) is 1.85. The summed E-state index contributed by atoms with van der Waals surface area (Å²) >= 11 is 0. The van der Waals surface area contributed by atoms with Crippen LogP contribution in [0, 0.1) is 15.9 Å². The van der Waals surface area contributed by atoms with Crippen LogP contribution in [0.15, 0.2) is 48.5 Å². The van der Waals surface area contributed by atoms with Gasteiger partial charge in [-0.15, -0.1) is 0 Å². The molecule has 1 atom stereocenters. The first-order valence-corrected chi connectivity index (χ1v) is 6.28. The van der Waals surface area contributed by atoms with Crippen molar-refractivity contribution in [1.82, 2.24) is 0 Å². The third-order valence-corrected chi connectivity index (χ3v) is 3.09. The molecule has 0 aliphatic carbocycles. The van der Waals surface area contributed by atoms with Crippen LogP contribution in [0.2, 0.25) is 0 Å². The molecule has 0 radical (unpaired) electrons. The van der Waals surface area contributed by atoms with Crippen molar-refractivity contribution in [1.29, 1.82) is 0 Å². The van der Waals surface area contributed by atoms with Gasteiger partial charge in [0.1, 0.15) is 5.82 Å². The smallest absolute Gasteiger partial charge is 0.269 e. The predicted molar refractivity (Wildman–Crippen MR) is 76.5 cm³/mol. The Labute approximate surface area is 120 Å². The van der Waals surface area contributed by atoms with Gasteiger partial charge in [-0.25, -0.2) is 4.39 Å². The summed E-state index contributed by atoms with van der Waals surface area (Å²) in [5.74, 6) is -1.25. The molecule has 0 saturated heterocycles. The minimum atomic E-state index is -0.505. The lowest BCUT2D eigenvalue weighted by atomic mass is 10.00. The number of benzene rings is 2. The Kier molecular flexibility index (Phi) is 4.27. The molecule has 5 nitrogen and oxygen atoms in total. The number of hydrogen-bond acceptors (Lipinski definition) is 3. The molecule has 6 heteroatoms. The van der Waals surface area contributed by atoms with Gasteiger partial charge in [0.2, 0.25) is 5.91 Å². The van der Waals surface area contributed by atoms with Crippen molar-refractivity contribution in [3.63, 3.8) is 0 Å². The fraction of sp³-hybridized carbons (Fsp3) is 0.133. The number of nitrogens with zero attached hydrogens (tertiary/aromatic N) is 1. The Hall–Kier alpha value is -2.76. The van der Waals surface area contributed by atoms with Gasteiger partial charge < -0.3 is 5.32 Å². The molecule has 1 unspecified atom stereocenters. The normalized spacial score (nSPS) is 11.7. The molecule has 0 aliphatic rings. The SMILES string of the molecule is CC(C(=O)Nc1cccc(F)c1)c1ccc([N+](=O)[O-])cc1. The summed E-state index contributed by atoms with van der Waals surface area (Å²) in [6.45, 7) is 1.68. The number of nitro benzene ring substituents is 1. The van der Waals surface area contributed by atoms with Crippen molar-refractivity contribution in [2.45, 2.75) is 12.8 Å². The molecular formula is C15H13FN2O3. The van der Waals surface area contributed by atoms with Crippen LogP contribution in [-0.4, -0.2) is 10.8 Å². The van der Waals surface area contributed by atoms with Crippen molar-refractivity contribution in [2.75, 3.05) is 5.32 Å². The zero-order valence-corrected chi connectivity index (χ0v) is 11.2. The molecule has 108 valence electrons. The van der Waals surface area contributed by atoms with Crippen molar-refractivity contribution in [2.24, 2.45) is 0 Å². The van der Waals surface area contributed by atoms with E-state index in [1.165, 1.54) is 42.5 Å². The Morgan fingerprint density at radius 3 is 2.48 bits per heavy atom. The topological polar surface area (TPSA) is 72.2 Å². The van der Waals surface area contributed by atoms with E-state index in [-0.39, 0.29) is 11.6 Å². The van der Waals surface area contributed by atoms with Gasteiger partial charge in [-0.05, 0) is 30.7 Å². The standard InChI is InChI=1S/C15H13FN2O3/c1-10(11-5-7-14(8-6-11)18(20)21)15(19)17-13-4-2-3-12(16)9-13/h2-10H,1H3,(H,17,19). The van der Waals surface area contributed by atoms with Crippen LogP contribution < -0.4 is 5.32 Å². The first-order chi connectivity index (χ1) is 9.97. The van der Waals surface area contributed by atoms with Gasteiger partial charge in [0.25, 0.3) is 5.69 Å². The highest BCUT2D eigenvalue weighted by Gasteiger charge is 2.16. The molecule has 0 spiro atoms. The maximum absolute atomic E-state index is 13.0. The van der Waals surface area contributed by atoms with Crippen LogP contribution >= 0.6 is 0 Å². The maximum Gasteiger partial charge on any atom is 0.269 e. The van der Waals surface area contributed by atoms with Gasteiger partial charge in [0.05, 0.1) is 10.8 Å². The summed E-state index contributed by atoms with van der Waals surface area (Å²) in [6.07, 6.45) is 0. The highest BCUT2D eigenvalue weighted by atomic mass is 19.1. The molecule has 0 aliphatic heterocycles. The first-order valence-electron chi connectivity index (χ1n) is 6.28. The lowest BCUT2D eigenvalue weighted by molar-refractivity contribution is -0.384.